The number of aryl methyl sites for hydroxylation is 2. The van der Waals surface area contributed by atoms with Crippen LogP contribution in [0.4, 0.5) is 4.79 Å². The summed E-state index contributed by atoms with van der Waals surface area (Å²) in [6, 6.07) is 14.4. The minimum Gasteiger partial charge on any atom is -0.319 e. The fraction of sp³-hybridized carbons (Fsp3) is 0.391. The smallest absolute Gasteiger partial charge is 0.319 e. The highest BCUT2D eigenvalue weighted by atomic mass is 16.2. The van der Waals surface area contributed by atoms with Gasteiger partial charge in [0.05, 0.1) is 6.54 Å². The topological polar surface area (TPSA) is 53.9 Å². The van der Waals surface area contributed by atoms with Gasteiger partial charge in [0.2, 0.25) is 0 Å². The lowest BCUT2D eigenvalue weighted by Gasteiger charge is -2.28. The third-order valence-electron chi connectivity index (χ3n) is 6.64. The van der Waals surface area contributed by atoms with E-state index < -0.39 is 5.54 Å². The lowest BCUT2D eigenvalue weighted by atomic mass is 9.90. The molecule has 1 saturated heterocycles. The number of imide groups is 1. The van der Waals surface area contributed by atoms with Crippen molar-refractivity contribution in [2.24, 2.45) is 0 Å². The van der Waals surface area contributed by atoms with E-state index >= 15 is 0 Å². The maximum atomic E-state index is 13.3. The lowest BCUT2D eigenvalue weighted by molar-refractivity contribution is -0.923. The number of carbonyl (C=O) groups is 2. The van der Waals surface area contributed by atoms with Gasteiger partial charge in [-0.3, -0.25) is 4.79 Å². The maximum Gasteiger partial charge on any atom is 0.329 e. The molecule has 5 nitrogen and oxygen atoms in total. The number of rotatable bonds is 3. The van der Waals surface area contributed by atoms with E-state index in [-0.39, 0.29) is 11.9 Å². The Balaban J connectivity index is 1.36. The van der Waals surface area contributed by atoms with E-state index in [1.807, 2.05) is 13.0 Å². The average molecular weight is 376 g/mol. The normalized spacial score (nSPS) is 26.2. The Kier molecular flexibility index (Phi) is 4.02. The Morgan fingerprint density at radius 1 is 1.00 bits per heavy atom. The molecule has 2 heterocycles. The Hall–Kier alpha value is -2.66. The average Bonchev–Trinajstić information content (AvgIpc) is 3.26. The van der Waals surface area contributed by atoms with Crippen molar-refractivity contribution in [3.63, 3.8) is 0 Å². The summed E-state index contributed by atoms with van der Waals surface area (Å²) >= 11 is 0. The Labute approximate surface area is 165 Å². The first-order chi connectivity index (χ1) is 13.5. The molecule has 2 atom stereocenters. The molecule has 2 aromatic carbocycles. The minimum absolute atomic E-state index is 0.137. The third-order valence-corrected chi connectivity index (χ3v) is 6.64. The number of amides is 3. The highest BCUT2D eigenvalue weighted by Crippen LogP contribution is 2.32. The SMILES string of the molecule is C[C@]1(c2ccc3c(c2)CCC3)NC(=O)N(C[NH+]2CCc3ccccc3C2)C1=O. The molecule has 5 rings (SSSR count). The third kappa shape index (κ3) is 2.73. The number of quaternary nitrogens is 1. The molecule has 3 aliphatic rings. The number of urea groups is 1. The van der Waals surface area contributed by atoms with Crippen LogP contribution < -0.4 is 10.2 Å². The molecule has 0 radical (unpaired) electrons. The van der Waals surface area contributed by atoms with Gasteiger partial charge in [-0.25, -0.2) is 9.69 Å². The zero-order valence-electron chi connectivity index (χ0n) is 16.3. The summed E-state index contributed by atoms with van der Waals surface area (Å²) in [5.41, 5.74) is 5.31. The Morgan fingerprint density at radius 3 is 2.61 bits per heavy atom. The molecular weight excluding hydrogens is 350 g/mol. The van der Waals surface area contributed by atoms with E-state index in [1.54, 1.807) is 0 Å². The van der Waals surface area contributed by atoms with Crippen LogP contribution in [0.15, 0.2) is 42.5 Å². The van der Waals surface area contributed by atoms with Crippen molar-refractivity contribution < 1.29 is 14.5 Å². The van der Waals surface area contributed by atoms with Crippen molar-refractivity contribution in [2.75, 3.05) is 13.2 Å². The van der Waals surface area contributed by atoms with Crippen molar-refractivity contribution in [3.8, 4) is 0 Å². The largest absolute Gasteiger partial charge is 0.329 e. The summed E-state index contributed by atoms with van der Waals surface area (Å²) in [6.45, 7) is 4.04. The Bertz CT molecular complexity index is 970. The number of benzene rings is 2. The summed E-state index contributed by atoms with van der Waals surface area (Å²) in [5.74, 6) is -0.137. The van der Waals surface area contributed by atoms with Gasteiger partial charge in [-0.2, -0.15) is 0 Å². The molecule has 28 heavy (non-hydrogen) atoms. The molecular formula is C23H26N3O2+. The first-order valence-corrected chi connectivity index (χ1v) is 10.2. The van der Waals surface area contributed by atoms with Crippen LogP contribution in [0.25, 0.3) is 0 Å². The maximum absolute atomic E-state index is 13.3. The number of nitrogens with zero attached hydrogens (tertiary/aromatic N) is 1. The molecule has 1 aliphatic carbocycles. The summed E-state index contributed by atoms with van der Waals surface area (Å²) in [7, 11) is 0. The molecule has 0 saturated carbocycles. The van der Waals surface area contributed by atoms with Crippen molar-refractivity contribution in [1.82, 2.24) is 10.2 Å². The minimum atomic E-state index is -0.970. The Morgan fingerprint density at radius 2 is 1.75 bits per heavy atom. The number of hydrogen-bond donors (Lipinski definition) is 2. The van der Waals surface area contributed by atoms with E-state index in [1.165, 1.54) is 38.5 Å². The fourth-order valence-corrected chi connectivity index (χ4v) is 4.92. The number of carbonyl (C=O) groups excluding carboxylic acids is 2. The van der Waals surface area contributed by atoms with Crippen LogP contribution in [0, 0.1) is 0 Å². The standard InChI is InChI=1S/C23H25N3O2/c1-23(20-10-9-16-7-4-8-18(16)13-20)21(27)26(22(28)24-23)15-25-12-11-17-5-2-3-6-19(17)14-25/h2-3,5-6,9-10,13H,4,7-8,11-12,14-15H2,1H3,(H,24,28)/p+1/t23-/m1/s1. The van der Waals surface area contributed by atoms with Gasteiger partial charge in [-0.05, 0) is 48.4 Å². The summed E-state index contributed by atoms with van der Waals surface area (Å²) in [5, 5.41) is 2.97. The predicted molar refractivity (Wildman–Crippen MR) is 106 cm³/mol. The highest BCUT2D eigenvalue weighted by Gasteiger charge is 2.50. The van der Waals surface area contributed by atoms with E-state index in [2.05, 4.69) is 41.7 Å². The van der Waals surface area contributed by atoms with Crippen molar-refractivity contribution in [2.45, 2.75) is 44.7 Å². The monoisotopic (exact) mass is 376 g/mol. The van der Waals surface area contributed by atoms with Crippen LogP contribution in [-0.2, 0) is 36.1 Å². The van der Waals surface area contributed by atoms with E-state index in [9.17, 15) is 9.59 Å². The molecule has 1 fully saturated rings. The molecule has 2 aromatic rings. The summed E-state index contributed by atoms with van der Waals surface area (Å²) < 4.78 is 0. The van der Waals surface area contributed by atoms with Gasteiger partial charge in [0.1, 0.15) is 12.1 Å². The molecule has 2 N–H and O–H groups in total. The molecule has 3 amide bonds. The second-order valence-electron chi connectivity index (χ2n) is 8.48. The number of hydrogen-bond acceptors (Lipinski definition) is 2. The second-order valence-corrected chi connectivity index (χ2v) is 8.48. The molecule has 5 heteroatoms. The van der Waals surface area contributed by atoms with Gasteiger partial charge in [0, 0.05) is 12.0 Å². The van der Waals surface area contributed by atoms with Gasteiger partial charge in [0.15, 0.2) is 6.67 Å². The quantitative estimate of drug-likeness (QED) is 0.799. The van der Waals surface area contributed by atoms with Crippen LogP contribution in [0.5, 0.6) is 0 Å². The molecule has 0 bridgehead atoms. The first-order valence-electron chi connectivity index (χ1n) is 10.2. The zero-order valence-corrected chi connectivity index (χ0v) is 16.3. The van der Waals surface area contributed by atoms with E-state index in [0.29, 0.717) is 6.67 Å². The van der Waals surface area contributed by atoms with Gasteiger partial charge in [-0.15, -0.1) is 0 Å². The predicted octanol–water partition coefficient (Wildman–Crippen LogP) is 1.54. The summed E-state index contributed by atoms with van der Waals surface area (Å²) in [6.07, 6.45) is 4.32. The molecule has 144 valence electrons. The van der Waals surface area contributed by atoms with E-state index in [0.717, 1.165) is 37.9 Å². The first kappa shape index (κ1) is 17.4. The second kappa shape index (κ2) is 6.45. The van der Waals surface area contributed by atoms with Crippen LogP contribution >= 0.6 is 0 Å². The molecule has 0 spiro atoms. The van der Waals surface area contributed by atoms with Crippen LogP contribution in [0.3, 0.4) is 0 Å². The molecule has 1 unspecified atom stereocenters. The lowest BCUT2D eigenvalue weighted by Crippen LogP contribution is -3.13. The highest BCUT2D eigenvalue weighted by molar-refractivity contribution is 6.07. The van der Waals surface area contributed by atoms with Gasteiger partial charge < -0.3 is 10.2 Å². The molecule has 0 aromatic heterocycles. The van der Waals surface area contributed by atoms with Crippen molar-refractivity contribution >= 4 is 11.9 Å². The zero-order chi connectivity index (χ0) is 19.3. The molecule has 2 aliphatic heterocycles. The van der Waals surface area contributed by atoms with Crippen molar-refractivity contribution in [1.29, 1.82) is 0 Å². The van der Waals surface area contributed by atoms with Gasteiger partial charge in [-0.1, -0.05) is 42.5 Å². The number of nitrogens with one attached hydrogen (secondary N) is 2. The van der Waals surface area contributed by atoms with Crippen LogP contribution in [-0.4, -0.2) is 30.1 Å². The van der Waals surface area contributed by atoms with Crippen LogP contribution in [0.1, 0.15) is 41.2 Å². The van der Waals surface area contributed by atoms with Crippen molar-refractivity contribution in [3.05, 3.63) is 70.3 Å². The van der Waals surface area contributed by atoms with Gasteiger partial charge >= 0.3 is 6.03 Å². The van der Waals surface area contributed by atoms with E-state index in [4.69, 9.17) is 0 Å². The van der Waals surface area contributed by atoms with Crippen LogP contribution in [0.2, 0.25) is 0 Å². The van der Waals surface area contributed by atoms with Gasteiger partial charge in [0.25, 0.3) is 5.91 Å². The number of fused-ring (bicyclic) bond motifs is 2. The summed E-state index contributed by atoms with van der Waals surface area (Å²) in [4.78, 5) is 28.7. The fourth-order valence-electron chi connectivity index (χ4n) is 4.92.